The zero-order valence-electron chi connectivity index (χ0n) is 8.73. The fourth-order valence-corrected chi connectivity index (χ4v) is 1.26. The molecule has 0 radical (unpaired) electrons. The Balaban J connectivity index is 0. The van der Waals surface area contributed by atoms with Crippen LogP contribution in [0.15, 0.2) is 0 Å². The summed E-state index contributed by atoms with van der Waals surface area (Å²) in [5, 5.41) is 3.55. The molecule has 0 saturated carbocycles. The molecule has 0 unspecified atom stereocenters. The van der Waals surface area contributed by atoms with Crippen molar-refractivity contribution >= 4 is 12.4 Å². The topological polar surface area (TPSA) is 12.0 Å². The molecule has 0 aromatic carbocycles. The Morgan fingerprint density at radius 3 is 2.00 bits per heavy atom. The number of nitrogens with one attached hydrogen (secondary N) is 1. The first-order valence-electron chi connectivity index (χ1n) is 5.08. The maximum atomic E-state index is 3.55. The lowest BCUT2D eigenvalue weighted by atomic mass is 10.1. The summed E-state index contributed by atoms with van der Waals surface area (Å²) in [4.78, 5) is 0. The fourth-order valence-electron chi connectivity index (χ4n) is 1.26. The molecule has 0 aromatic heterocycles. The van der Waals surface area contributed by atoms with Crippen LogP contribution >= 0.6 is 12.4 Å². The summed E-state index contributed by atoms with van der Waals surface area (Å²) in [7, 11) is 0. The van der Waals surface area contributed by atoms with Crippen molar-refractivity contribution in [2.45, 2.75) is 58.9 Å². The van der Waals surface area contributed by atoms with Crippen molar-refractivity contribution in [1.82, 2.24) is 5.32 Å². The predicted molar refractivity (Wildman–Crippen MR) is 59.1 cm³/mol. The van der Waals surface area contributed by atoms with E-state index in [2.05, 4.69) is 26.1 Å². The molecule has 0 amide bonds. The van der Waals surface area contributed by atoms with Crippen LogP contribution < -0.4 is 5.32 Å². The van der Waals surface area contributed by atoms with Gasteiger partial charge < -0.3 is 5.32 Å². The van der Waals surface area contributed by atoms with Gasteiger partial charge in [0, 0.05) is 6.04 Å². The maximum Gasteiger partial charge on any atom is 0.00618 e. The first-order valence-corrected chi connectivity index (χ1v) is 5.08. The Bertz CT molecular complexity index is 72.2. The normalized spacial score (nSPS) is 10.0. The van der Waals surface area contributed by atoms with Crippen molar-refractivity contribution in [3.63, 3.8) is 0 Å². The average molecular weight is 194 g/mol. The molecule has 0 aliphatic carbocycles. The zero-order chi connectivity index (χ0) is 8.53. The summed E-state index contributed by atoms with van der Waals surface area (Å²) in [5.41, 5.74) is 0. The summed E-state index contributed by atoms with van der Waals surface area (Å²) in [5.74, 6) is 0. The van der Waals surface area contributed by atoms with Gasteiger partial charge in [-0.15, -0.1) is 12.4 Å². The van der Waals surface area contributed by atoms with Crippen molar-refractivity contribution in [1.29, 1.82) is 0 Å². The number of hydrogen-bond donors (Lipinski definition) is 1. The summed E-state index contributed by atoms with van der Waals surface area (Å²) < 4.78 is 0. The monoisotopic (exact) mass is 193 g/mol. The van der Waals surface area contributed by atoms with Crippen LogP contribution in [0, 0.1) is 0 Å². The molecule has 0 aromatic rings. The molecule has 0 rings (SSSR count). The highest BCUT2D eigenvalue weighted by molar-refractivity contribution is 5.85. The van der Waals surface area contributed by atoms with E-state index in [1.807, 2.05) is 0 Å². The summed E-state index contributed by atoms with van der Waals surface area (Å²) >= 11 is 0. The van der Waals surface area contributed by atoms with Crippen LogP contribution in [0.1, 0.15) is 52.9 Å². The zero-order valence-corrected chi connectivity index (χ0v) is 9.54. The molecule has 1 N–H and O–H groups in total. The van der Waals surface area contributed by atoms with E-state index in [1.165, 1.54) is 38.6 Å². The van der Waals surface area contributed by atoms with Crippen molar-refractivity contribution < 1.29 is 0 Å². The van der Waals surface area contributed by atoms with Gasteiger partial charge in [0.2, 0.25) is 0 Å². The van der Waals surface area contributed by atoms with Crippen LogP contribution in [-0.4, -0.2) is 12.6 Å². The third-order valence-corrected chi connectivity index (χ3v) is 2.20. The van der Waals surface area contributed by atoms with Crippen LogP contribution in [0.5, 0.6) is 0 Å². The van der Waals surface area contributed by atoms with Crippen molar-refractivity contribution in [2.24, 2.45) is 0 Å². The lowest BCUT2D eigenvalue weighted by molar-refractivity contribution is 0.473. The van der Waals surface area contributed by atoms with E-state index in [1.54, 1.807) is 0 Å². The molecule has 1 nitrogen and oxygen atoms in total. The van der Waals surface area contributed by atoms with E-state index in [4.69, 9.17) is 0 Å². The van der Waals surface area contributed by atoms with Crippen molar-refractivity contribution in [2.75, 3.05) is 6.54 Å². The molecule has 0 saturated heterocycles. The van der Waals surface area contributed by atoms with Gasteiger partial charge in [-0.05, 0) is 25.8 Å². The largest absolute Gasteiger partial charge is 0.314 e. The minimum atomic E-state index is 0. The van der Waals surface area contributed by atoms with E-state index in [9.17, 15) is 0 Å². The third-order valence-electron chi connectivity index (χ3n) is 2.20. The van der Waals surface area contributed by atoms with E-state index < -0.39 is 0 Å². The molecule has 0 heterocycles. The Kier molecular flexibility index (Phi) is 13.8. The standard InChI is InChI=1S/C10H23N.ClH/c1-4-7-8-9-11-10(5-2)6-3;/h10-11H,4-9H2,1-3H3;1H. The van der Waals surface area contributed by atoms with Crippen molar-refractivity contribution in [3.05, 3.63) is 0 Å². The molecule has 0 aliphatic heterocycles. The SMILES string of the molecule is CCCCCNC(CC)CC.Cl. The van der Waals surface area contributed by atoms with Gasteiger partial charge in [0.25, 0.3) is 0 Å². The highest BCUT2D eigenvalue weighted by Gasteiger charge is 1.99. The Morgan fingerprint density at radius 2 is 1.58 bits per heavy atom. The van der Waals surface area contributed by atoms with Gasteiger partial charge in [0.15, 0.2) is 0 Å². The second kappa shape index (κ2) is 11.2. The number of halogens is 1. The summed E-state index contributed by atoms with van der Waals surface area (Å²) in [6.45, 7) is 7.96. The van der Waals surface area contributed by atoms with Crippen LogP contribution in [0.3, 0.4) is 0 Å². The minimum Gasteiger partial charge on any atom is -0.314 e. The molecule has 2 heteroatoms. The Hall–Kier alpha value is 0.250. The number of unbranched alkanes of at least 4 members (excludes halogenated alkanes) is 2. The predicted octanol–water partition coefficient (Wildman–Crippen LogP) is 3.38. The molecule has 0 fully saturated rings. The molecule has 0 spiro atoms. The summed E-state index contributed by atoms with van der Waals surface area (Å²) in [6, 6.07) is 0.756. The molecular formula is C10H24ClN. The van der Waals surface area contributed by atoms with E-state index in [0.717, 1.165) is 6.04 Å². The third kappa shape index (κ3) is 8.35. The first-order chi connectivity index (χ1) is 5.35. The molecule has 0 bridgehead atoms. The van der Waals surface area contributed by atoms with Gasteiger partial charge in [0.05, 0.1) is 0 Å². The molecule has 0 aliphatic rings. The Morgan fingerprint density at radius 1 is 1.00 bits per heavy atom. The second-order valence-electron chi connectivity index (χ2n) is 3.17. The highest BCUT2D eigenvalue weighted by Crippen LogP contribution is 1.97. The van der Waals surface area contributed by atoms with Gasteiger partial charge in [-0.2, -0.15) is 0 Å². The van der Waals surface area contributed by atoms with E-state index in [-0.39, 0.29) is 12.4 Å². The molecular weight excluding hydrogens is 170 g/mol. The Labute approximate surface area is 83.7 Å². The van der Waals surface area contributed by atoms with Crippen molar-refractivity contribution in [3.8, 4) is 0 Å². The lowest BCUT2D eigenvalue weighted by Gasteiger charge is -2.13. The van der Waals surface area contributed by atoms with Gasteiger partial charge >= 0.3 is 0 Å². The van der Waals surface area contributed by atoms with Crippen LogP contribution in [0.4, 0.5) is 0 Å². The quantitative estimate of drug-likeness (QED) is 0.612. The van der Waals surface area contributed by atoms with Crippen LogP contribution in [-0.2, 0) is 0 Å². The first kappa shape index (κ1) is 14.8. The highest BCUT2D eigenvalue weighted by atomic mass is 35.5. The second-order valence-corrected chi connectivity index (χ2v) is 3.17. The maximum absolute atomic E-state index is 3.55. The molecule has 12 heavy (non-hydrogen) atoms. The number of hydrogen-bond acceptors (Lipinski definition) is 1. The van der Waals surface area contributed by atoms with Crippen LogP contribution in [0.2, 0.25) is 0 Å². The molecule has 0 atom stereocenters. The van der Waals surface area contributed by atoms with E-state index in [0.29, 0.717) is 0 Å². The average Bonchev–Trinajstić information content (AvgIpc) is 2.05. The van der Waals surface area contributed by atoms with Gasteiger partial charge in [-0.25, -0.2) is 0 Å². The fraction of sp³-hybridized carbons (Fsp3) is 1.00. The smallest absolute Gasteiger partial charge is 0.00618 e. The lowest BCUT2D eigenvalue weighted by Crippen LogP contribution is -2.28. The van der Waals surface area contributed by atoms with Gasteiger partial charge in [-0.3, -0.25) is 0 Å². The summed E-state index contributed by atoms with van der Waals surface area (Å²) in [6.07, 6.45) is 6.57. The number of rotatable bonds is 7. The van der Waals surface area contributed by atoms with Crippen LogP contribution in [0.25, 0.3) is 0 Å². The minimum absolute atomic E-state index is 0. The van der Waals surface area contributed by atoms with Gasteiger partial charge in [0.1, 0.15) is 0 Å². The molecule has 76 valence electrons. The van der Waals surface area contributed by atoms with Gasteiger partial charge in [-0.1, -0.05) is 33.6 Å². The van der Waals surface area contributed by atoms with E-state index >= 15 is 0 Å².